The first kappa shape index (κ1) is 17.9. The third kappa shape index (κ3) is 3.55. The second kappa shape index (κ2) is 7.29. The Hall–Kier alpha value is -2.44. The molecule has 27 heavy (non-hydrogen) atoms. The molecule has 1 unspecified atom stereocenters. The van der Waals surface area contributed by atoms with Gasteiger partial charge in [-0.05, 0) is 49.6 Å². The number of fused-ring (bicyclic) bond motifs is 1. The SMILES string of the molecule is COc1cc2nc(-c3ccc(C4CCCO4)s3)cc(C)c2cc1NC(C)=O. The molecule has 1 fully saturated rings. The van der Waals surface area contributed by atoms with Crippen LogP contribution in [0.4, 0.5) is 5.69 Å². The van der Waals surface area contributed by atoms with Crippen LogP contribution in [0.25, 0.3) is 21.5 Å². The summed E-state index contributed by atoms with van der Waals surface area (Å²) in [6.45, 7) is 4.40. The average Bonchev–Trinajstić information content (AvgIpc) is 3.32. The number of pyridine rings is 1. The molecule has 1 aliphatic rings. The molecule has 0 spiro atoms. The van der Waals surface area contributed by atoms with Crippen LogP contribution in [0.15, 0.2) is 30.3 Å². The molecule has 0 radical (unpaired) electrons. The first-order valence-corrected chi connectivity index (χ1v) is 9.85. The molecule has 1 aliphatic heterocycles. The number of methoxy groups -OCH3 is 1. The molecule has 1 saturated heterocycles. The lowest BCUT2D eigenvalue weighted by Gasteiger charge is -2.12. The van der Waals surface area contributed by atoms with Gasteiger partial charge >= 0.3 is 0 Å². The van der Waals surface area contributed by atoms with Gasteiger partial charge < -0.3 is 14.8 Å². The smallest absolute Gasteiger partial charge is 0.221 e. The zero-order valence-corrected chi connectivity index (χ0v) is 16.5. The fraction of sp³-hybridized carbons (Fsp3) is 0.333. The Morgan fingerprint density at radius 1 is 1.33 bits per heavy atom. The fourth-order valence-electron chi connectivity index (χ4n) is 3.47. The zero-order chi connectivity index (χ0) is 19.0. The van der Waals surface area contributed by atoms with E-state index in [0.29, 0.717) is 11.4 Å². The van der Waals surface area contributed by atoms with Crippen molar-refractivity contribution in [1.82, 2.24) is 4.98 Å². The summed E-state index contributed by atoms with van der Waals surface area (Å²) in [5.41, 5.74) is 3.56. The van der Waals surface area contributed by atoms with Gasteiger partial charge in [0.1, 0.15) is 5.75 Å². The Morgan fingerprint density at radius 2 is 2.19 bits per heavy atom. The molecule has 1 aromatic carbocycles. The van der Waals surface area contributed by atoms with Gasteiger partial charge in [-0.3, -0.25) is 4.79 Å². The second-order valence-corrected chi connectivity index (χ2v) is 7.89. The maximum absolute atomic E-state index is 11.5. The van der Waals surface area contributed by atoms with Crippen LogP contribution in [0.1, 0.15) is 36.3 Å². The number of nitrogens with zero attached hydrogens (tertiary/aromatic N) is 1. The normalized spacial score (nSPS) is 16.6. The maximum Gasteiger partial charge on any atom is 0.221 e. The van der Waals surface area contributed by atoms with Crippen molar-refractivity contribution in [1.29, 1.82) is 0 Å². The monoisotopic (exact) mass is 382 g/mol. The number of amides is 1. The topological polar surface area (TPSA) is 60.5 Å². The van der Waals surface area contributed by atoms with E-state index in [-0.39, 0.29) is 12.0 Å². The van der Waals surface area contributed by atoms with Crippen LogP contribution in [-0.2, 0) is 9.53 Å². The van der Waals surface area contributed by atoms with Gasteiger partial charge in [0, 0.05) is 29.9 Å². The van der Waals surface area contributed by atoms with Crippen LogP contribution in [0.5, 0.6) is 5.75 Å². The predicted molar refractivity (Wildman–Crippen MR) is 109 cm³/mol. The zero-order valence-electron chi connectivity index (χ0n) is 15.7. The number of nitrogens with one attached hydrogen (secondary N) is 1. The summed E-state index contributed by atoms with van der Waals surface area (Å²) in [7, 11) is 1.59. The molecule has 5 nitrogen and oxygen atoms in total. The third-order valence-corrected chi connectivity index (χ3v) is 5.97. The minimum atomic E-state index is -0.130. The highest BCUT2D eigenvalue weighted by molar-refractivity contribution is 7.15. The van der Waals surface area contributed by atoms with Crippen LogP contribution in [0.2, 0.25) is 0 Å². The number of hydrogen-bond acceptors (Lipinski definition) is 5. The van der Waals surface area contributed by atoms with E-state index in [2.05, 4.69) is 30.4 Å². The van der Waals surface area contributed by atoms with Crippen molar-refractivity contribution in [3.8, 4) is 16.3 Å². The van der Waals surface area contributed by atoms with E-state index in [1.165, 1.54) is 11.8 Å². The Labute approximate surface area is 162 Å². The summed E-state index contributed by atoms with van der Waals surface area (Å²) in [6, 6.07) is 10.2. The molecule has 140 valence electrons. The van der Waals surface area contributed by atoms with Crippen molar-refractivity contribution in [2.24, 2.45) is 0 Å². The molecule has 4 rings (SSSR count). The number of benzene rings is 1. The van der Waals surface area contributed by atoms with Gasteiger partial charge in [0.2, 0.25) is 5.91 Å². The van der Waals surface area contributed by atoms with E-state index >= 15 is 0 Å². The maximum atomic E-state index is 11.5. The van der Waals surface area contributed by atoms with Crippen LogP contribution >= 0.6 is 11.3 Å². The first-order chi connectivity index (χ1) is 13.0. The molecule has 2 aromatic heterocycles. The summed E-state index contributed by atoms with van der Waals surface area (Å²) in [6.07, 6.45) is 2.44. The summed E-state index contributed by atoms with van der Waals surface area (Å²) in [5, 5.41) is 3.82. The van der Waals surface area contributed by atoms with Gasteiger partial charge in [-0.15, -0.1) is 11.3 Å². The van der Waals surface area contributed by atoms with Crippen molar-refractivity contribution in [3.05, 3.63) is 40.8 Å². The highest BCUT2D eigenvalue weighted by Crippen LogP contribution is 2.38. The molecule has 0 saturated carbocycles. The molecule has 0 bridgehead atoms. The van der Waals surface area contributed by atoms with E-state index in [1.807, 2.05) is 12.1 Å². The first-order valence-electron chi connectivity index (χ1n) is 9.04. The van der Waals surface area contributed by atoms with Gasteiger partial charge in [0.25, 0.3) is 0 Å². The van der Waals surface area contributed by atoms with Gasteiger partial charge in [-0.1, -0.05) is 0 Å². The van der Waals surface area contributed by atoms with Crippen LogP contribution in [-0.4, -0.2) is 24.6 Å². The van der Waals surface area contributed by atoms with E-state index in [9.17, 15) is 4.79 Å². The highest BCUT2D eigenvalue weighted by Gasteiger charge is 2.20. The van der Waals surface area contributed by atoms with Gasteiger partial charge in [-0.2, -0.15) is 0 Å². The molecular formula is C21H22N2O3S. The predicted octanol–water partition coefficient (Wildman–Crippen LogP) is 5.09. The van der Waals surface area contributed by atoms with E-state index in [4.69, 9.17) is 14.5 Å². The summed E-state index contributed by atoms with van der Waals surface area (Å²) in [5.74, 6) is 0.475. The number of rotatable bonds is 4. The van der Waals surface area contributed by atoms with Gasteiger partial charge in [-0.25, -0.2) is 4.98 Å². The number of aromatic nitrogens is 1. The molecule has 3 aromatic rings. The second-order valence-electron chi connectivity index (χ2n) is 6.78. The van der Waals surface area contributed by atoms with Crippen molar-refractivity contribution < 1.29 is 14.3 Å². The average molecular weight is 382 g/mol. The van der Waals surface area contributed by atoms with Crippen LogP contribution in [0.3, 0.4) is 0 Å². The van der Waals surface area contributed by atoms with Crippen molar-refractivity contribution in [2.45, 2.75) is 32.8 Å². The number of carbonyl (C=O) groups is 1. The Morgan fingerprint density at radius 3 is 2.89 bits per heavy atom. The molecule has 1 N–H and O–H groups in total. The van der Waals surface area contributed by atoms with Crippen LogP contribution < -0.4 is 10.1 Å². The van der Waals surface area contributed by atoms with Crippen LogP contribution in [0, 0.1) is 6.92 Å². The summed E-state index contributed by atoms with van der Waals surface area (Å²) in [4.78, 5) is 18.7. The lowest BCUT2D eigenvalue weighted by molar-refractivity contribution is -0.114. The minimum absolute atomic E-state index is 0.130. The summed E-state index contributed by atoms with van der Waals surface area (Å²) < 4.78 is 11.2. The van der Waals surface area contributed by atoms with Crippen molar-refractivity contribution in [2.75, 3.05) is 19.0 Å². The van der Waals surface area contributed by atoms with E-state index < -0.39 is 0 Å². The number of hydrogen-bond donors (Lipinski definition) is 1. The highest BCUT2D eigenvalue weighted by atomic mass is 32.1. The fourth-order valence-corrected chi connectivity index (χ4v) is 4.52. The van der Waals surface area contributed by atoms with E-state index in [0.717, 1.165) is 46.5 Å². The summed E-state index contributed by atoms with van der Waals surface area (Å²) >= 11 is 1.75. The Balaban J connectivity index is 1.75. The lowest BCUT2D eigenvalue weighted by Crippen LogP contribution is -2.07. The molecule has 3 heterocycles. The van der Waals surface area contributed by atoms with Crippen molar-refractivity contribution >= 4 is 33.8 Å². The van der Waals surface area contributed by atoms with Gasteiger partial charge in [0.15, 0.2) is 0 Å². The lowest BCUT2D eigenvalue weighted by atomic mass is 10.1. The Kier molecular flexibility index (Phi) is 4.85. The quantitative estimate of drug-likeness (QED) is 0.683. The molecule has 1 atom stereocenters. The number of carbonyl (C=O) groups excluding carboxylic acids is 1. The minimum Gasteiger partial charge on any atom is -0.494 e. The van der Waals surface area contributed by atoms with Crippen molar-refractivity contribution in [3.63, 3.8) is 0 Å². The standard InChI is InChI=1S/C21H22N2O3S/c1-12-9-17(20-6-7-21(27-20)18-5-4-8-26-18)23-15-11-19(25-3)16(10-14(12)15)22-13(2)24/h6-7,9-11,18H,4-5,8H2,1-3H3,(H,22,24). The third-order valence-electron chi connectivity index (χ3n) is 4.77. The molecule has 1 amide bonds. The number of ether oxygens (including phenoxy) is 2. The number of anilines is 1. The molecule has 0 aliphatic carbocycles. The van der Waals surface area contributed by atoms with E-state index in [1.54, 1.807) is 18.4 Å². The number of thiophene rings is 1. The number of aryl methyl sites for hydroxylation is 1. The van der Waals surface area contributed by atoms with Gasteiger partial charge in [0.05, 0.1) is 35.0 Å². The molecular weight excluding hydrogens is 360 g/mol. The molecule has 6 heteroatoms. The Bertz CT molecular complexity index is 1010. The largest absolute Gasteiger partial charge is 0.494 e.